The van der Waals surface area contributed by atoms with Gasteiger partial charge in [-0.2, -0.15) is 0 Å². The average molecular weight is 261 g/mol. The first-order valence-electron chi connectivity index (χ1n) is 6.71. The number of benzene rings is 1. The molecule has 102 valence electrons. The van der Waals surface area contributed by atoms with Gasteiger partial charge in [0.1, 0.15) is 11.4 Å². The third kappa shape index (κ3) is 1.95. The molecule has 2 bridgehead atoms. The number of carbonyl (C=O) groups excluding carboxylic acids is 1. The van der Waals surface area contributed by atoms with Crippen LogP contribution in [-0.4, -0.2) is 21.7 Å². The summed E-state index contributed by atoms with van der Waals surface area (Å²) in [7, 11) is 0. The zero-order valence-corrected chi connectivity index (χ0v) is 11.5. The van der Waals surface area contributed by atoms with E-state index in [0.717, 1.165) is 24.0 Å². The van der Waals surface area contributed by atoms with Crippen molar-refractivity contribution in [3.05, 3.63) is 29.3 Å². The molecular formula is C15H19NO3. The molecule has 1 fully saturated rings. The predicted octanol–water partition coefficient (Wildman–Crippen LogP) is 3.52. The standard InChI is InChI=1S/C15H19NO3/c1-15(2,3)19-14(18)16-12-6-7-13(16)11-8-9(17)4-5-10(11)12/h4-5,8,12-13,17H,6-7H2,1-3H3. The van der Waals surface area contributed by atoms with Crippen molar-refractivity contribution in [3.8, 4) is 5.75 Å². The van der Waals surface area contributed by atoms with E-state index in [1.165, 1.54) is 0 Å². The quantitative estimate of drug-likeness (QED) is 0.777. The van der Waals surface area contributed by atoms with Crippen LogP contribution >= 0.6 is 0 Å². The van der Waals surface area contributed by atoms with Crippen LogP contribution in [0.5, 0.6) is 5.75 Å². The Morgan fingerprint density at radius 1 is 1.26 bits per heavy atom. The summed E-state index contributed by atoms with van der Waals surface area (Å²) in [6, 6.07) is 5.55. The Morgan fingerprint density at radius 3 is 2.53 bits per heavy atom. The number of carbonyl (C=O) groups is 1. The molecule has 2 aliphatic rings. The van der Waals surface area contributed by atoms with E-state index in [4.69, 9.17) is 4.74 Å². The molecule has 3 rings (SSSR count). The van der Waals surface area contributed by atoms with Crippen molar-refractivity contribution < 1.29 is 14.6 Å². The third-order valence-corrected chi connectivity index (χ3v) is 3.78. The second-order valence-corrected chi connectivity index (χ2v) is 6.31. The maximum absolute atomic E-state index is 12.3. The Hall–Kier alpha value is -1.71. The van der Waals surface area contributed by atoms with Crippen molar-refractivity contribution in [1.29, 1.82) is 0 Å². The van der Waals surface area contributed by atoms with Crippen LogP contribution in [0.2, 0.25) is 0 Å². The van der Waals surface area contributed by atoms with Crippen molar-refractivity contribution in [2.24, 2.45) is 0 Å². The largest absolute Gasteiger partial charge is 0.508 e. The molecule has 0 aliphatic carbocycles. The smallest absolute Gasteiger partial charge is 0.411 e. The highest BCUT2D eigenvalue weighted by atomic mass is 16.6. The minimum absolute atomic E-state index is 0.0574. The van der Waals surface area contributed by atoms with Gasteiger partial charge in [-0.3, -0.25) is 4.90 Å². The molecule has 1 aromatic rings. The van der Waals surface area contributed by atoms with Gasteiger partial charge >= 0.3 is 6.09 Å². The van der Waals surface area contributed by atoms with E-state index in [9.17, 15) is 9.90 Å². The normalized spacial score (nSPS) is 24.5. The molecule has 0 radical (unpaired) electrons. The maximum atomic E-state index is 12.3. The van der Waals surface area contributed by atoms with Gasteiger partial charge in [0.15, 0.2) is 0 Å². The first-order valence-corrected chi connectivity index (χ1v) is 6.71. The lowest BCUT2D eigenvalue weighted by atomic mass is 9.92. The van der Waals surface area contributed by atoms with Gasteiger partial charge < -0.3 is 9.84 Å². The summed E-state index contributed by atoms with van der Waals surface area (Å²) in [6.45, 7) is 5.63. The molecule has 1 N–H and O–H groups in total. The predicted molar refractivity (Wildman–Crippen MR) is 70.9 cm³/mol. The number of amides is 1. The van der Waals surface area contributed by atoms with Gasteiger partial charge in [0.25, 0.3) is 0 Å². The summed E-state index contributed by atoms with van der Waals surface area (Å²) in [5.41, 5.74) is 1.75. The van der Waals surface area contributed by atoms with Crippen molar-refractivity contribution in [1.82, 2.24) is 4.90 Å². The van der Waals surface area contributed by atoms with Crippen molar-refractivity contribution in [2.75, 3.05) is 0 Å². The fourth-order valence-electron chi connectivity index (χ4n) is 3.15. The molecule has 2 unspecified atom stereocenters. The van der Waals surface area contributed by atoms with Gasteiger partial charge in [-0.05, 0) is 56.9 Å². The fraction of sp³-hybridized carbons (Fsp3) is 0.533. The molecule has 2 atom stereocenters. The second-order valence-electron chi connectivity index (χ2n) is 6.31. The summed E-state index contributed by atoms with van der Waals surface area (Å²) >= 11 is 0. The Kier molecular flexibility index (Phi) is 2.52. The highest BCUT2D eigenvalue weighted by molar-refractivity contribution is 5.72. The van der Waals surface area contributed by atoms with E-state index in [0.29, 0.717) is 0 Å². The van der Waals surface area contributed by atoms with Gasteiger partial charge in [-0.25, -0.2) is 4.79 Å². The molecule has 4 heteroatoms. The highest BCUT2D eigenvalue weighted by Gasteiger charge is 2.47. The number of phenols is 1. The van der Waals surface area contributed by atoms with E-state index in [-0.39, 0.29) is 23.9 Å². The molecule has 1 aromatic carbocycles. The van der Waals surface area contributed by atoms with Gasteiger partial charge in [0.05, 0.1) is 12.1 Å². The van der Waals surface area contributed by atoms with Gasteiger partial charge in [-0.1, -0.05) is 6.07 Å². The average Bonchev–Trinajstić information content (AvgIpc) is 2.82. The number of rotatable bonds is 0. The number of hydrogen-bond donors (Lipinski definition) is 1. The molecule has 2 aliphatic heterocycles. The van der Waals surface area contributed by atoms with Crippen LogP contribution in [0.3, 0.4) is 0 Å². The van der Waals surface area contributed by atoms with Crippen LogP contribution in [0.4, 0.5) is 4.79 Å². The fourth-order valence-corrected chi connectivity index (χ4v) is 3.15. The van der Waals surface area contributed by atoms with E-state index >= 15 is 0 Å². The van der Waals surface area contributed by atoms with Gasteiger partial charge in [0, 0.05) is 0 Å². The Labute approximate surface area is 113 Å². The minimum Gasteiger partial charge on any atom is -0.508 e. The summed E-state index contributed by atoms with van der Waals surface area (Å²) in [5.74, 6) is 0.260. The summed E-state index contributed by atoms with van der Waals surface area (Å²) < 4.78 is 5.49. The van der Waals surface area contributed by atoms with Crippen LogP contribution in [0.15, 0.2) is 18.2 Å². The van der Waals surface area contributed by atoms with E-state index in [1.807, 2.05) is 31.7 Å². The minimum atomic E-state index is -0.479. The molecular weight excluding hydrogens is 242 g/mol. The number of fused-ring (bicyclic) bond motifs is 5. The molecule has 1 saturated heterocycles. The summed E-state index contributed by atoms with van der Waals surface area (Å²) in [4.78, 5) is 14.1. The zero-order valence-electron chi connectivity index (χ0n) is 11.5. The second kappa shape index (κ2) is 3.89. The summed E-state index contributed by atoms with van der Waals surface area (Å²) in [5, 5.41) is 9.60. The van der Waals surface area contributed by atoms with Crippen LogP contribution in [0, 0.1) is 0 Å². The molecule has 0 spiro atoms. The maximum Gasteiger partial charge on any atom is 0.411 e. The number of nitrogens with zero attached hydrogens (tertiary/aromatic N) is 1. The Morgan fingerprint density at radius 2 is 1.89 bits per heavy atom. The first kappa shape index (κ1) is 12.3. The monoisotopic (exact) mass is 261 g/mol. The highest BCUT2D eigenvalue weighted by Crippen LogP contribution is 2.54. The van der Waals surface area contributed by atoms with Crippen LogP contribution in [-0.2, 0) is 4.74 Å². The van der Waals surface area contributed by atoms with Crippen molar-refractivity contribution in [3.63, 3.8) is 0 Å². The summed E-state index contributed by atoms with van der Waals surface area (Å²) in [6.07, 6.45) is 1.66. The van der Waals surface area contributed by atoms with Crippen molar-refractivity contribution in [2.45, 2.75) is 51.3 Å². The lowest BCUT2D eigenvalue weighted by Crippen LogP contribution is -2.34. The van der Waals surface area contributed by atoms with Crippen LogP contribution in [0.25, 0.3) is 0 Å². The Bertz CT molecular complexity index is 533. The first-order chi connectivity index (χ1) is 8.87. The van der Waals surface area contributed by atoms with E-state index in [1.54, 1.807) is 12.1 Å². The number of phenolic OH excluding ortho intramolecular Hbond substituents is 1. The van der Waals surface area contributed by atoms with Gasteiger partial charge in [-0.15, -0.1) is 0 Å². The SMILES string of the molecule is CC(C)(C)OC(=O)N1C2CCC1c1cc(O)ccc12. The lowest BCUT2D eigenvalue weighted by molar-refractivity contribution is 0.0177. The number of ether oxygens (including phenoxy) is 1. The lowest BCUT2D eigenvalue weighted by Gasteiger charge is -2.27. The molecule has 19 heavy (non-hydrogen) atoms. The Balaban J connectivity index is 1.90. The van der Waals surface area contributed by atoms with Crippen molar-refractivity contribution >= 4 is 6.09 Å². The topological polar surface area (TPSA) is 49.8 Å². The molecule has 4 nitrogen and oxygen atoms in total. The number of hydrogen-bond acceptors (Lipinski definition) is 3. The van der Waals surface area contributed by atoms with Crippen LogP contribution < -0.4 is 0 Å². The zero-order chi connectivity index (χ0) is 13.8. The van der Waals surface area contributed by atoms with E-state index < -0.39 is 5.60 Å². The van der Waals surface area contributed by atoms with Crippen LogP contribution in [0.1, 0.15) is 56.8 Å². The molecule has 2 heterocycles. The third-order valence-electron chi connectivity index (χ3n) is 3.78. The molecule has 0 aromatic heterocycles. The molecule has 0 saturated carbocycles. The van der Waals surface area contributed by atoms with Gasteiger partial charge in [0.2, 0.25) is 0 Å². The van der Waals surface area contributed by atoms with E-state index in [2.05, 4.69) is 0 Å². The molecule has 1 amide bonds. The number of aromatic hydroxyl groups is 1.